The van der Waals surface area contributed by atoms with Gasteiger partial charge >= 0.3 is 5.97 Å². The van der Waals surface area contributed by atoms with Gasteiger partial charge in [-0.2, -0.15) is 15.0 Å². The van der Waals surface area contributed by atoms with E-state index in [9.17, 15) is 4.79 Å². The summed E-state index contributed by atoms with van der Waals surface area (Å²) in [6.45, 7) is 2.18. The Morgan fingerprint density at radius 3 is 2.53 bits per heavy atom. The summed E-state index contributed by atoms with van der Waals surface area (Å²) in [5.41, 5.74) is 10.9. The van der Waals surface area contributed by atoms with Crippen LogP contribution in [0.4, 0.5) is 11.9 Å². The minimum absolute atomic E-state index is 0.114. The smallest absolute Gasteiger partial charge is 0.315 e. The van der Waals surface area contributed by atoms with Gasteiger partial charge in [-0.3, -0.25) is 4.79 Å². The van der Waals surface area contributed by atoms with Crippen molar-refractivity contribution in [2.75, 3.05) is 29.6 Å². The Bertz CT molecular complexity index is 367. The monoisotopic (exact) mass is 257 g/mol. The number of carbonyl (C=O) groups is 1. The maximum absolute atomic E-state index is 11.0. The zero-order valence-electron chi connectivity index (χ0n) is 9.55. The molecule has 0 saturated carbocycles. The highest BCUT2D eigenvalue weighted by atomic mass is 32.2. The van der Waals surface area contributed by atoms with Gasteiger partial charge in [0.1, 0.15) is 5.82 Å². The van der Waals surface area contributed by atoms with Gasteiger partial charge in [-0.25, -0.2) is 0 Å². The van der Waals surface area contributed by atoms with E-state index in [2.05, 4.69) is 15.0 Å². The number of esters is 1. The first-order valence-corrected chi connectivity index (χ1v) is 6.26. The summed E-state index contributed by atoms with van der Waals surface area (Å²) in [5.74, 6) is 1.57. The molecule has 0 saturated heterocycles. The molecule has 0 aromatic carbocycles. The van der Waals surface area contributed by atoms with Gasteiger partial charge in [0.15, 0.2) is 0 Å². The fourth-order valence-electron chi connectivity index (χ4n) is 1.09. The summed E-state index contributed by atoms with van der Waals surface area (Å²) < 4.78 is 4.79. The second kappa shape index (κ2) is 6.89. The Morgan fingerprint density at radius 1 is 1.29 bits per heavy atom. The molecule has 0 aliphatic carbocycles. The number of anilines is 2. The summed E-state index contributed by atoms with van der Waals surface area (Å²) in [5, 5.41) is 0. The molecule has 17 heavy (non-hydrogen) atoms. The number of aryl methyl sites for hydroxylation is 1. The lowest BCUT2D eigenvalue weighted by atomic mass is 10.4. The van der Waals surface area contributed by atoms with Crippen molar-refractivity contribution < 1.29 is 9.53 Å². The number of nitrogens with two attached hydrogens (primary N) is 2. The summed E-state index contributed by atoms with van der Waals surface area (Å²) in [6, 6.07) is 0. The SMILES string of the molecule is CCOC(=O)CSCCc1nc(N)nc(N)n1. The predicted molar refractivity (Wildman–Crippen MR) is 66.3 cm³/mol. The van der Waals surface area contributed by atoms with Crippen molar-refractivity contribution in [2.24, 2.45) is 0 Å². The molecule has 0 radical (unpaired) electrons. The maximum atomic E-state index is 11.0. The minimum atomic E-state index is -0.216. The van der Waals surface area contributed by atoms with Gasteiger partial charge in [0.2, 0.25) is 11.9 Å². The Kier molecular flexibility index (Phi) is 5.47. The van der Waals surface area contributed by atoms with Gasteiger partial charge in [-0.05, 0) is 6.92 Å². The molecule has 1 aromatic rings. The molecule has 0 aliphatic rings. The predicted octanol–water partition coefficient (Wildman–Crippen LogP) is -0.125. The molecule has 0 spiro atoms. The Hall–Kier alpha value is -1.57. The van der Waals surface area contributed by atoms with E-state index in [1.807, 2.05) is 0 Å². The van der Waals surface area contributed by atoms with Crippen molar-refractivity contribution in [3.8, 4) is 0 Å². The topological polar surface area (TPSA) is 117 Å². The minimum Gasteiger partial charge on any atom is -0.465 e. The number of thioether (sulfide) groups is 1. The highest BCUT2D eigenvalue weighted by Crippen LogP contribution is 2.06. The summed E-state index contributed by atoms with van der Waals surface area (Å²) in [6.07, 6.45) is 0.584. The van der Waals surface area contributed by atoms with Gasteiger partial charge in [0.25, 0.3) is 0 Å². The third-order valence-corrected chi connectivity index (χ3v) is 2.64. The van der Waals surface area contributed by atoms with Crippen LogP contribution in [0.1, 0.15) is 12.7 Å². The van der Waals surface area contributed by atoms with Crippen molar-refractivity contribution in [3.63, 3.8) is 0 Å². The highest BCUT2D eigenvalue weighted by Gasteiger charge is 2.04. The summed E-state index contributed by atoms with van der Waals surface area (Å²) in [7, 11) is 0. The van der Waals surface area contributed by atoms with Gasteiger partial charge in [0.05, 0.1) is 12.4 Å². The number of rotatable bonds is 6. The van der Waals surface area contributed by atoms with E-state index >= 15 is 0 Å². The van der Waals surface area contributed by atoms with Crippen molar-refractivity contribution in [1.29, 1.82) is 0 Å². The first-order valence-electron chi connectivity index (χ1n) is 5.11. The molecular weight excluding hydrogens is 242 g/mol. The van der Waals surface area contributed by atoms with E-state index in [0.717, 1.165) is 0 Å². The maximum Gasteiger partial charge on any atom is 0.315 e. The normalized spacial score (nSPS) is 10.2. The third-order valence-electron chi connectivity index (χ3n) is 1.71. The molecule has 0 fully saturated rings. The molecular formula is C9H15N5O2S. The van der Waals surface area contributed by atoms with Gasteiger partial charge in [-0.15, -0.1) is 11.8 Å². The van der Waals surface area contributed by atoms with Crippen LogP contribution >= 0.6 is 11.8 Å². The molecule has 0 aliphatic heterocycles. The largest absolute Gasteiger partial charge is 0.465 e. The summed E-state index contributed by atoms with van der Waals surface area (Å²) >= 11 is 1.45. The van der Waals surface area contributed by atoms with E-state index < -0.39 is 0 Å². The van der Waals surface area contributed by atoms with Crippen LogP contribution in [-0.2, 0) is 16.0 Å². The Balaban J connectivity index is 2.28. The molecule has 1 rings (SSSR count). The van der Waals surface area contributed by atoms with Crippen LogP contribution in [0.15, 0.2) is 0 Å². The zero-order valence-corrected chi connectivity index (χ0v) is 10.4. The van der Waals surface area contributed by atoms with E-state index in [1.165, 1.54) is 11.8 Å². The van der Waals surface area contributed by atoms with Gasteiger partial charge < -0.3 is 16.2 Å². The second-order valence-electron chi connectivity index (χ2n) is 3.08. The van der Waals surface area contributed by atoms with Crippen LogP contribution in [0.25, 0.3) is 0 Å². The van der Waals surface area contributed by atoms with Crippen molar-refractivity contribution >= 4 is 29.6 Å². The molecule has 4 N–H and O–H groups in total. The lowest BCUT2D eigenvalue weighted by molar-refractivity contribution is -0.139. The van der Waals surface area contributed by atoms with Crippen LogP contribution in [-0.4, -0.2) is 39.0 Å². The molecule has 7 nitrogen and oxygen atoms in total. The fraction of sp³-hybridized carbons (Fsp3) is 0.556. The average Bonchev–Trinajstić information content (AvgIpc) is 2.23. The number of hydrogen-bond acceptors (Lipinski definition) is 8. The lowest BCUT2D eigenvalue weighted by Gasteiger charge is -2.02. The molecule has 8 heteroatoms. The molecule has 1 aromatic heterocycles. The molecule has 0 bridgehead atoms. The van der Waals surface area contributed by atoms with Crippen molar-refractivity contribution in [2.45, 2.75) is 13.3 Å². The van der Waals surface area contributed by atoms with Crippen LogP contribution < -0.4 is 11.5 Å². The molecule has 1 heterocycles. The quantitative estimate of drug-likeness (QED) is 0.535. The number of ether oxygens (including phenoxy) is 1. The van der Waals surface area contributed by atoms with Crippen LogP contribution in [0.2, 0.25) is 0 Å². The number of aromatic nitrogens is 3. The molecule has 0 atom stereocenters. The van der Waals surface area contributed by atoms with E-state index in [4.69, 9.17) is 16.2 Å². The first kappa shape index (κ1) is 13.5. The number of hydrogen-bond donors (Lipinski definition) is 2. The Morgan fingerprint density at radius 2 is 1.94 bits per heavy atom. The van der Waals surface area contributed by atoms with Crippen LogP contribution in [0.3, 0.4) is 0 Å². The third kappa shape index (κ3) is 5.34. The zero-order chi connectivity index (χ0) is 12.7. The molecule has 0 unspecified atom stereocenters. The van der Waals surface area contributed by atoms with E-state index in [0.29, 0.717) is 30.4 Å². The van der Waals surface area contributed by atoms with Crippen molar-refractivity contribution in [3.05, 3.63) is 5.82 Å². The van der Waals surface area contributed by atoms with Gasteiger partial charge in [0, 0.05) is 12.2 Å². The highest BCUT2D eigenvalue weighted by molar-refractivity contribution is 7.99. The summed E-state index contributed by atoms with van der Waals surface area (Å²) in [4.78, 5) is 22.6. The standard InChI is InChI=1S/C9H15N5O2S/c1-2-16-7(15)5-17-4-3-6-12-8(10)14-9(11)13-6/h2-5H2,1H3,(H4,10,11,12,13,14). The van der Waals surface area contributed by atoms with E-state index in [1.54, 1.807) is 6.92 Å². The number of nitrogens with zero attached hydrogens (tertiary/aromatic N) is 3. The van der Waals surface area contributed by atoms with Crippen molar-refractivity contribution in [1.82, 2.24) is 15.0 Å². The Labute approximate surface area is 103 Å². The molecule has 94 valence electrons. The van der Waals surface area contributed by atoms with Gasteiger partial charge in [-0.1, -0.05) is 0 Å². The first-order chi connectivity index (χ1) is 8.11. The number of carbonyl (C=O) groups excluding carboxylic acids is 1. The fourth-order valence-corrected chi connectivity index (χ4v) is 1.81. The number of nitrogen functional groups attached to an aromatic ring is 2. The lowest BCUT2D eigenvalue weighted by Crippen LogP contribution is -2.09. The van der Waals surface area contributed by atoms with Crippen LogP contribution in [0, 0.1) is 0 Å². The van der Waals surface area contributed by atoms with E-state index in [-0.39, 0.29) is 17.9 Å². The van der Waals surface area contributed by atoms with Crippen LogP contribution in [0.5, 0.6) is 0 Å². The second-order valence-corrected chi connectivity index (χ2v) is 4.18. The average molecular weight is 257 g/mol. The molecule has 0 amide bonds.